The van der Waals surface area contributed by atoms with E-state index in [-0.39, 0.29) is 12.3 Å². The zero-order valence-electron chi connectivity index (χ0n) is 21.3. The number of carboxylic acids is 1. The highest BCUT2D eigenvalue weighted by Gasteiger charge is 2.30. The van der Waals surface area contributed by atoms with Crippen LogP contribution in [0.1, 0.15) is 61.5 Å². The Morgan fingerprint density at radius 3 is 2.92 bits per heavy atom. The number of nitrogens with zero attached hydrogens (tertiary/aromatic N) is 3. The van der Waals surface area contributed by atoms with E-state index < -0.39 is 12.1 Å². The normalized spacial score (nSPS) is 19.4. The zero-order chi connectivity index (χ0) is 25.5. The van der Waals surface area contributed by atoms with Crippen molar-refractivity contribution in [3.8, 4) is 5.75 Å². The standard InChI is InChI=1S/C28H37FN4O3/c1-19-21(17-31-32-19)4-3-14-33-15-12-20(22(18-33)6-10-28(34)35)5-8-26(29)24-11-13-30-27-9-7-23(36-2)16-25(24)27/h7,9,11,13,16-17,20,22,26H,3-6,8,10,12,14-15,18H2,1-2H3,(H,31,32)(H,34,35)/t20?,22?,26-/m0/s1. The number of carbonyl (C=O) groups is 1. The fourth-order valence-electron chi connectivity index (χ4n) is 5.56. The number of aryl methyl sites for hydroxylation is 2. The van der Waals surface area contributed by atoms with Crippen molar-refractivity contribution in [3.05, 3.63) is 53.5 Å². The summed E-state index contributed by atoms with van der Waals surface area (Å²) in [6.45, 7) is 4.89. The first-order valence-corrected chi connectivity index (χ1v) is 12.9. The van der Waals surface area contributed by atoms with Crippen LogP contribution in [0.25, 0.3) is 10.9 Å². The summed E-state index contributed by atoms with van der Waals surface area (Å²) in [5, 5.41) is 17.2. The summed E-state index contributed by atoms with van der Waals surface area (Å²) < 4.78 is 20.9. The van der Waals surface area contributed by atoms with Gasteiger partial charge in [0.25, 0.3) is 0 Å². The van der Waals surface area contributed by atoms with Crippen molar-refractivity contribution in [1.29, 1.82) is 0 Å². The second-order valence-electron chi connectivity index (χ2n) is 9.99. The number of H-pyrrole nitrogens is 1. The number of hydrogen-bond acceptors (Lipinski definition) is 5. The van der Waals surface area contributed by atoms with E-state index in [4.69, 9.17) is 4.74 Å². The number of nitrogens with one attached hydrogen (secondary N) is 1. The highest BCUT2D eigenvalue weighted by Crippen LogP contribution is 2.36. The van der Waals surface area contributed by atoms with Gasteiger partial charge in [0, 0.05) is 30.2 Å². The molecule has 2 unspecified atom stereocenters. The van der Waals surface area contributed by atoms with Crippen LogP contribution < -0.4 is 4.74 Å². The number of hydrogen-bond donors (Lipinski definition) is 2. The molecule has 36 heavy (non-hydrogen) atoms. The minimum Gasteiger partial charge on any atom is -0.497 e. The van der Waals surface area contributed by atoms with E-state index in [0.29, 0.717) is 30.1 Å². The molecule has 0 aliphatic carbocycles. The van der Waals surface area contributed by atoms with Gasteiger partial charge in [-0.2, -0.15) is 5.10 Å². The van der Waals surface area contributed by atoms with Crippen LogP contribution in [0.2, 0.25) is 0 Å². The monoisotopic (exact) mass is 496 g/mol. The molecule has 3 atom stereocenters. The van der Waals surface area contributed by atoms with E-state index in [1.165, 1.54) is 5.56 Å². The van der Waals surface area contributed by atoms with E-state index >= 15 is 4.39 Å². The highest BCUT2D eigenvalue weighted by molar-refractivity contribution is 5.83. The van der Waals surface area contributed by atoms with Crippen LogP contribution in [0.4, 0.5) is 4.39 Å². The molecule has 0 saturated carbocycles. The largest absolute Gasteiger partial charge is 0.497 e. The van der Waals surface area contributed by atoms with Crippen molar-refractivity contribution in [1.82, 2.24) is 20.1 Å². The fraction of sp³-hybridized carbons (Fsp3) is 0.536. The second kappa shape index (κ2) is 12.3. The zero-order valence-corrected chi connectivity index (χ0v) is 21.3. The Morgan fingerprint density at radius 2 is 2.17 bits per heavy atom. The van der Waals surface area contributed by atoms with E-state index in [9.17, 15) is 9.90 Å². The van der Waals surface area contributed by atoms with E-state index in [2.05, 4.69) is 20.1 Å². The Kier molecular flexibility index (Phi) is 8.91. The topological polar surface area (TPSA) is 91.3 Å². The summed E-state index contributed by atoms with van der Waals surface area (Å²) in [6, 6.07) is 7.31. The van der Waals surface area contributed by atoms with E-state index in [1.807, 2.05) is 31.3 Å². The number of benzene rings is 1. The molecule has 1 aromatic carbocycles. The van der Waals surface area contributed by atoms with Crippen molar-refractivity contribution in [2.75, 3.05) is 26.7 Å². The van der Waals surface area contributed by atoms with E-state index in [0.717, 1.165) is 61.9 Å². The molecule has 0 radical (unpaired) electrons. The van der Waals surface area contributed by atoms with Gasteiger partial charge in [0.2, 0.25) is 0 Å². The lowest BCUT2D eigenvalue weighted by atomic mass is 9.79. The Labute approximate surface area is 212 Å². The van der Waals surface area contributed by atoms with Crippen molar-refractivity contribution >= 4 is 16.9 Å². The average molecular weight is 497 g/mol. The van der Waals surface area contributed by atoms with Gasteiger partial charge >= 0.3 is 5.97 Å². The molecule has 0 bridgehead atoms. The molecule has 4 rings (SSSR count). The number of aliphatic carboxylic acids is 1. The highest BCUT2D eigenvalue weighted by atomic mass is 19.1. The SMILES string of the molecule is COc1ccc2nccc([C@@H](F)CCC3CCN(CCCc4cn[nH]c4C)CC3CCC(=O)O)c2c1. The Bertz CT molecular complexity index is 1150. The molecule has 1 saturated heterocycles. The van der Waals surface area contributed by atoms with Gasteiger partial charge in [-0.05, 0) is 106 Å². The number of halogens is 1. The average Bonchev–Trinajstić information content (AvgIpc) is 3.30. The summed E-state index contributed by atoms with van der Waals surface area (Å²) in [4.78, 5) is 18.1. The summed E-state index contributed by atoms with van der Waals surface area (Å²) >= 11 is 0. The molecule has 8 heteroatoms. The lowest BCUT2D eigenvalue weighted by Gasteiger charge is -2.39. The number of methoxy groups -OCH3 is 1. The number of alkyl halides is 1. The fourth-order valence-corrected chi connectivity index (χ4v) is 5.56. The molecule has 7 nitrogen and oxygen atoms in total. The first kappa shape index (κ1) is 26.1. The number of aromatic amines is 1. The third kappa shape index (κ3) is 6.60. The van der Waals surface area contributed by atoms with Gasteiger partial charge in [-0.1, -0.05) is 0 Å². The van der Waals surface area contributed by atoms with Gasteiger partial charge in [0.1, 0.15) is 11.9 Å². The lowest BCUT2D eigenvalue weighted by Crippen LogP contribution is -2.41. The predicted octanol–water partition coefficient (Wildman–Crippen LogP) is 5.50. The van der Waals surface area contributed by atoms with Crippen LogP contribution >= 0.6 is 0 Å². The number of fused-ring (bicyclic) bond motifs is 1. The Morgan fingerprint density at radius 1 is 1.31 bits per heavy atom. The summed E-state index contributed by atoms with van der Waals surface area (Å²) in [6.07, 6.45) is 7.44. The number of likely N-dealkylation sites (tertiary alicyclic amines) is 1. The van der Waals surface area contributed by atoms with Crippen LogP contribution in [0.5, 0.6) is 5.75 Å². The number of pyridine rings is 1. The first-order chi connectivity index (χ1) is 17.4. The van der Waals surface area contributed by atoms with Crippen molar-refractivity contribution < 1.29 is 19.0 Å². The summed E-state index contributed by atoms with van der Waals surface area (Å²) in [5.41, 5.74) is 3.78. The summed E-state index contributed by atoms with van der Waals surface area (Å²) in [7, 11) is 1.60. The minimum atomic E-state index is -1.10. The molecule has 194 valence electrons. The third-order valence-electron chi connectivity index (χ3n) is 7.67. The van der Waals surface area contributed by atoms with Crippen LogP contribution in [-0.2, 0) is 11.2 Å². The molecule has 1 fully saturated rings. The Hall–Kier alpha value is -3.00. The molecule has 3 aromatic rings. The van der Waals surface area contributed by atoms with Crippen molar-refractivity contribution in [2.24, 2.45) is 11.8 Å². The molecule has 0 amide bonds. The van der Waals surface area contributed by atoms with Crippen molar-refractivity contribution in [2.45, 2.75) is 58.0 Å². The van der Waals surface area contributed by atoms with Gasteiger partial charge in [0.15, 0.2) is 0 Å². The molecule has 3 heterocycles. The number of rotatable bonds is 12. The predicted molar refractivity (Wildman–Crippen MR) is 138 cm³/mol. The van der Waals surface area contributed by atoms with Crippen LogP contribution in [-0.4, -0.2) is 57.9 Å². The maximum Gasteiger partial charge on any atom is 0.303 e. The molecule has 1 aliphatic rings. The molecular formula is C28H37FN4O3. The number of ether oxygens (including phenoxy) is 1. The molecule has 2 N–H and O–H groups in total. The van der Waals surface area contributed by atoms with E-state index in [1.54, 1.807) is 19.4 Å². The number of aromatic nitrogens is 3. The maximum absolute atomic E-state index is 15.5. The van der Waals surface area contributed by atoms with Gasteiger partial charge in [-0.25, -0.2) is 4.39 Å². The second-order valence-corrected chi connectivity index (χ2v) is 9.99. The molecular weight excluding hydrogens is 459 g/mol. The van der Waals surface area contributed by atoms with Crippen molar-refractivity contribution in [3.63, 3.8) is 0 Å². The van der Waals surface area contributed by atoms with Crippen LogP contribution in [0.3, 0.4) is 0 Å². The smallest absolute Gasteiger partial charge is 0.303 e. The van der Waals surface area contributed by atoms with Gasteiger partial charge in [-0.15, -0.1) is 0 Å². The molecule has 1 aliphatic heterocycles. The lowest BCUT2D eigenvalue weighted by molar-refractivity contribution is -0.137. The number of piperidine rings is 1. The third-order valence-corrected chi connectivity index (χ3v) is 7.67. The first-order valence-electron chi connectivity index (χ1n) is 12.9. The Balaban J connectivity index is 1.36. The quantitative estimate of drug-likeness (QED) is 0.344. The van der Waals surface area contributed by atoms with Crippen LogP contribution in [0.15, 0.2) is 36.7 Å². The van der Waals surface area contributed by atoms with Crippen LogP contribution in [0, 0.1) is 18.8 Å². The molecule has 2 aromatic heterocycles. The summed E-state index contributed by atoms with van der Waals surface area (Å²) in [5.74, 6) is 0.527. The maximum atomic E-state index is 15.5. The minimum absolute atomic E-state index is 0.164. The van der Waals surface area contributed by atoms with Gasteiger partial charge in [-0.3, -0.25) is 14.9 Å². The van der Waals surface area contributed by atoms with Gasteiger partial charge in [0.05, 0.1) is 18.8 Å². The number of carboxylic acid groups (broad SMARTS) is 1. The van der Waals surface area contributed by atoms with Gasteiger partial charge < -0.3 is 14.7 Å². The molecule has 0 spiro atoms.